The van der Waals surface area contributed by atoms with E-state index in [1.807, 2.05) is 0 Å². The molecular formula is C16H19N5O5S. The lowest BCUT2D eigenvalue weighted by atomic mass is 10.3. The van der Waals surface area contributed by atoms with Crippen LogP contribution in [0, 0.1) is 0 Å². The van der Waals surface area contributed by atoms with Crippen molar-refractivity contribution in [3.05, 3.63) is 30.7 Å². The first-order valence-corrected chi connectivity index (χ1v) is 9.92. The molecule has 4 rings (SSSR count). The Morgan fingerprint density at radius 2 is 2.00 bits per heavy atom. The standard InChI is InChI=1S/C16H19N5O5S/c22-16(19-12-2-3-13-14(8-12)26-11-25-13)20-4-1-5-21(7-6-20)27(23,24)15-9-17-10-18-15/h2-3,8-10H,1,4-7,11H2,(H,17,18)(H,19,22). The zero-order valence-electron chi connectivity index (χ0n) is 14.4. The molecule has 0 radical (unpaired) electrons. The molecule has 10 nitrogen and oxygen atoms in total. The van der Waals surface area contributed by atoms with Gasteiger partial charge in [-0.15, -0.1) is 0 Å². The molecule has 0 spiro atoms. The number of aromatic amines is 1. The van der Waals surface area contributed by atoms with E-state index in [1.54, 1.807) is 23.1 Å². The Balaban J connectivity index is 1.40. The Labute approximate surface area is 156 Å². The Morgan fingerprint density at radius 3 is 2.81 bits per heavy atom. The van der Waals surface area contributed by atoms with Gasteiger partial charge in [-0.1, -0.05) is 0 Å². The van der Waals surface area contributed by atoms with Crippen molar-refractivity contribution in [2.24, 2.45) is 0 Å². The molecule has 11 heteroatoms. The molecule has 2 N–H and O–H groups in total. The number of nitrogens with one attached hydrogen (secondary N) is 2. The van der Waals surface area contributed by atoms with Crippen LogP contribution < -0.4 is 14.8 Å². The molecule has 0 atom stereocenters. The monoisotopic (exact) mass is 393 g/mol. The summed E-state index contributed by atoms with van der Waals surface area (Å²) in [7, 11) is -3.63. The minimum atomic E-state index is -3.63. The molecule has 144 valence electrons. The van der Waals surface area contributed by atoms with Crippen LogP contribution in [0.1, 0.15) is 6.42 Å². The third kappa shape index (κ3) is 3.55. The number of anilines is 1. The fourth-order valence-electron chi connectivity index (χ4n) is 3.04. The molecule has 27 heavy (non-hydrogen) atoms. The predicted molar refractivity (Wildman–Crippen MR) is 95.1 cm³/mol. The molecule has 2 aromatic rings. The Hall–Kier alpha value is -2.79. The van der Waals surface area contributed by atoms with Gasteiger partial charge in [0.05, 0.1) is 12.5 Å². The van der Waals surface area contributed by atoms with Gasteiger partial charge in [0, 0.05) is 37.9 Å². The van der Waals surface area contributed by atoms with E-state index in [-0.39, 0.29) is 24.4 Å². The second-order valence-electron chi connectivity index (χ2n) is 6.16. The number of hydrogen-bond donors (Lipinski definition) is 2. The van der Waals surface area contributed by atoms with E-state index in [1.165, 1.54) is 16.8 Å². The Bertz CT molecular complexity index is 931. The van der Waals surface area contributed by atoms with Crippen LogP contribution in [0.5, 0.6) is 11.5 Å². The van der Waals surface area contributed by atoms with E-state index >= 15 is 0 Å². The second kappa shape index (κ2) is 7.08. The van der Waals surface area contributed by atoms with Gasteiger partial charge in [-0.3, -0.25) is 0 Å². The number of sulfonamides is 1. The van der Waals surface area contributed by atoms with Gasteiger partial charge in [-0.2, -0.15) is 4.31 Å². The smallest absolute Gasteiger partial charge is 0.321 e. The minimum Gasteiger partial charge on any atom is -0.454 e. The maximum absolute atomic E-state index is 12.6. The molecule has 3 heterocycles. The molecule has 0 unspecified atom stereocenters. The first-order valence-electron chi connectivity index (χ1n) is 8.48. The van der Waals surface area contributed by atoms with Crippen molar-refractivity contribution >= 4 is 21.7 Å². The number of H-pyrrole nitrogens is 1. The van der Waals surface area contributed by atoms with E-state index in [9.17, 15) is 13.2 Å². The van der Waals surface area contributed by atoms with Gasteiger partial charge in [0.25, 0.3) is 10.0 Å². The highest BCUT2D eigenvalue weighted by Crippen LogP contribution is 2.34. The van der Waals surface area contributed by atoms with Gasteiger partial charge in [0.2, 0.25) is 6.79 Å². The van der Waals surface area contributed by atoms with Gasteiger partial charge in [0.15, 0.2) is 16.5 Å². The number of carbonyl (C=O) groups excluding carboxylic acids is 1. The van der Waals surface area contributed by atoms with Crippen LogP contribution >= 0.6 is 0 Å². The van der Waals surface area contributed by atoms with Crippen molar-refractivity contribution in [3.8, 4) is 11.5 Å². The number of rotatable bonds is 3. The molecule has 0 aliphatic carbocycles. The highest BCUT2D eigenvalue weighted by atomic mass is 32.2. The molecular weight excluding hydrogens is 374 g/mol. The van der Waals surface area contributed by atoms with Crippen molar-refractivity contribution in [3.63, 3.8) is 0 Å². The van der Waals surface area contributed by atoms with Gasteiger partial charge in [-0.25, -0.2) is 18.2 Å². The highest BCUT2D eigenvalue weighted by Gasteiger charge is 2.29. The SMILES string of the molecule is O=C(Nc1ccc2c(c1)OCO2)N1CCCN(S(=O)(=O)c2cnc[nH]2)CC1. The zero-order valence-corrected chi connectivity index (χ0v) is 15.2. The molecule has 0 bridgehead atoms. The van der Waals surface area contributed by atoms with Crippen LogP contribution in [0.3, 0.4) is 0 Å². The molecule has 2 aliphatic heterocycles. The van der Waals surface area contributed by atoms with Crippen molar-refractivity contribution in [1.29, 1.82) is 0 Å². The van der Waals surface area contributed by atoms with E-state index in [0.29, 0.717) is 43.2 Å². The lowest BCUT2D eigenvalue weighted by Gasteiger charge is -2.22. The summed E-state index contributed by atoms with van der Waals surface area (Å²) in [4.78, 5) is 20.6. The first kappa shape index (κ1) is 17.6. The Morgan fingerprint density at radius 1 is 1.15 bits per heavy atom. The van der Waals surface area contributed by atoms with Crippen LogP contribution in [-0.4, -0.2) is 66.6 Å². The van der Waals surface area contributed by atoms with Gasteiger partial charge >= 0.3 is 6.03 Å². The largest absolute Gasteiger partial charge is 0.454 e. The third-order valence-electron chi connectivity index (χ3n) is 4.46. The molecule has 1 fully saturated rings. The summed E-state index contributed by atoms with van der Waals surface area (Å²) in [5.74, 6) is 1.22. The third-order valence-corrected chi connectivity index (χ3v) is 6.28. The summed E-state index contributed by atoms with van der Waals surface area (Å²) in [6.07, 6.45) is 3.15. The van der Waals surface area contributed by atoms with E-state index in [4.69, 9.17) is 9.47 Å². The van der Waals surface area contributed by atoms with Crippen LogP contribution in [0.2, 0.25) is 0 Å². The van der Waals surface area contributed by atoms with Crippen LogP contribution in [0.15, 0.2) is 35.7 Å². The summed E-state index contributed by atoms with van der Waals surface area (Å²) in [6, 6.07) is 4.89. The molecule has 2 aliphatic rings. The summed E-state index contributed by atoms with van der Waals surface area (Å²) in [6.45, 7) is 1.49. The molecule has 2 amide bonds. The lowest BCUT2D eigenvalue weighted by Crippen LogP contribution is -2.39. The Kier molecular flexibility index (Phi) is 4.62. The average Bonchev–Trinajstić information content (AvgIpc) is 3.28. The number of hydrogen-bond acceptors (Lipinski definition) is 6. The number of urea groups is 1. The van der Waals surface area contributed by atoms with E-state index < -0.39 is 10.0 Å². The topological polar surface area (TPSA) is 117 Å². The number of aromatic nitrogens is 2. The highest BCUT2D eigenvalue weighted by molar-refractivity contribution is 7.89. The van der Waals surface area contributed by atoms with Crippen molar-refractivity contribution in [2.45, 2.75) is 11.4 Å². The summed E-state index contributed by atoms with van der Waals surface area (Å²) in [5.41, 5.74) is 0.593. The van der Waals surface area contributed by atoms with Gasteiger partial charge in [0.1, 0.15) is 0 Å². The lowest BCUT2D eigenvalue weighted by molar-refractivity contribution is 0.174. The quantitative estimate of drug-likeness (QED) is 0.806. The van der Waals surface area contributed by atoms with E-state index in [0.717, 1.165) is 0 Å². The number of ether oxygens (including phenoxy) is 2. The molecule has 1 aromatic carbocycles. The minimum absolute atomic E-state index is 0.0563. The number of nitrogens with zero attached hydrogens (tertiary/aromatic N) is 3. The average molecular weight is 393 g/mol. The normalized spacial score (nSPS) is 17.6. The fraction of sp³-hybridized carbons (Fsp3) is 0.375. The van der Waals surface area contributed by atoms with Crippen LogP contribution in [0.4, 0.5) is 10.5 Å². The summed E-state index contributed by atoms with van der Waals surface area (Å²) < 4.78 is 37.1. The number of fused-ring (bicyclic) bond motifs is 1. The summed E-state index contributed by atoms with van der Waals surface area (Å²) in [5, 5.41) is 2.87. The molecule has 0 saturated carbocycles. The van der Waals surface area contributed by atoms with Crippen LogP contribution in [0.25, 0.3) is 0 Å². The predicted octanol–water partition coefficient (Wildman–Crippen LogP) is 1.07. The number of amides is 2. The maximum atomic E-state index is 12.6. The fourth-order valence-corrected chi connectivity index (χ4v) is 4.40. The molecule has 1 aromatic heterocycles. The van der Waals surface area contributed by atoms with Crippen LogP contribution in [-0.2, 0) is 10.0 Å². The number of benzene rings is 1. The van der Waals surface area contributed by atoms with Crippen molar-refractivity contribution in [1.82, 2.24) is 19.2 Å². The first-order chi connectivity index (χ1) is 13.0. The van der Waals surface area contributed by atoms with Crippen molar-refractivity contribution in [2.75, 3.05) is 38.3 Å². The maximum Gasteiger partial charge on any atom is 0.321 e. The number of carbonyl (C=O) groups is 1. The number of imidazole rings is 1. The van der Waals surface area contributed by atoms with E-state index in [2.05, 4.69) is 15.3 Å². The summed E-state index contributed by atoms with van der Waals surface area (Å²) >= 11 is 0. The van der Waals surface area contributed by atoms with Gasteiger partial charge < -0.3 is 24.7 Å². The second-order valence-corrected chi connectivity index (χ2v) is 8.07. The van der Waals surface area contributed by atoms with Crippen molar-refractivity contribution < 1.29 is 22.7 Å². The van der Waals surface area contributed by atoms with Gasteiger partial charge in [-0.05, 0) is 18.6 Å². The zero-order chi connectivity index (χ0) is 18.9. The molecule has 1 saturated heterocycles.